The molecule has 1 N–H and O–H groups in total. The molecule has 3 aromatic rings. The molecule has 0 aliphatic rings. The second-order valence-electron chi connectivity index (χ2n) is 6.23. The Bertz CT molecular complexity index is 980. The Morgan fingerprint density at radius 3 is 1.96 bits per heavy atom. The molecule has 3 nitrogen and oxygen atoms in total. The molecule has 8 heteroatoms. The van der Waals surface area contributed by atoms with Gasteiger partial charge in [0.15, 0.2) is 0 Å². The average Bonchev–Trinajstić information content (AvgIpc) is 2.95. The first kappa shape index (κ1) is 20.3. The number of nitrogens with one attached hydrogen (secondary N) is 1. The quantitative estimate of drug-likeness (QED) is 0.358. The van der Waals surface area contributed by atoms with Crippen molar-refractivity contribution < 1.29 is 13.2 Å². The van der Waals surface area contributed by atoms with Gasteiger partial charge in [-0.05, 0) is 55.8 Å². The third kappa shape index (κ3) is 4.34. The van der Waals surface area contributed by atoms with Crippen LogP contribution in [-0.2, 0) is 6.18 Å². The van der Waals surface area contributed by atoms with Gasteiger partial charge < -0.3 is 4.57 Å². The van der Waals surface area contributed by atoms with Crippen molar-refractivity contribution in [3.05, 3.63) is 81.1 Å². The highest BCUT2D eigenvalue weighted by molar-refractivity contribution is 6.39. The van der Waals surface area contributed by atoms with Crippen LogP contribution in [0, 0.1) is 13.8 Å². The van der Waals surface area contributed by atoms with E-state index in [9.17, 15) is 13.2 Å². The van der Waals surface area contributed by atoms with Crippen molar-refractivity contribution in [3.63, 3.8) is 0 Å². The summed E-state index contributed by atoms with van der Waals surface area (Å²) >= 11 is 11.8. The lowest BCUT2D eigenvalue weighted by Gasteiger charge is -2.11. The highest BCUT2D eigenvalue weighted by Crippen LogP contribution is 2.38. The number of hydrazone groups is 1. The minimum Gasteiger partial charge on any atom is -0.319 e. The van der Waals surface area contributed by atoms with E-state index in [1.165, 1.54) is 6.21 Å². The Hall–Kier alpha value is -2.44. The monoisotopic (exact) mass is 425 g/mol. The first-order valence-corrected chi connectivity index (χ1v) is 9.03. The Morgan fingerprint density at radius 2 is 1.46 bits per heavy atom. The summed E-state index contributed by atoms with van der Waals surface area (Å²) in [6, 6.07) is 13.4. The standard InChI is InChI=1S/C20H16Cl2F3N3/c1-12-3-4-13(2)28(12)16-7-5-14(6-8-16)11-26-27-19-17(21)9-15(10-18(19)22)20(23,24)25/h3-11,27H,1-2H3/b26-11+. The van der Waals surface area contributed by atoms with Gasteiger partial charge in [-0.2, -0.15) is 18.3 Å². The fourth-order valence-electron chi connectivity index (χ4n) is 2.80. The van der Waals surface area contributed by atoms with Crippen molar-refractivity contribution in [1.29, 1.82) is 0 Å². The average molecular weight is 426 g/mol. The van der Waals surface area contributed by atoms with Crippen LogP contribution in [0.25, 0.3) is 5.69 Å². The van der Waals surface area contributed by atoms with Gasteiger partial charge in [-0.25, -0.2) is 0 Å². The van der Waals surface area contributed by atoms with E-state index in [0.717, 1.165) is 34.8 Å². The van der Waals surface area contributed by atoms with E-state index >= 15 is 0 Å². The molecule has 0 aliphatic heterocycles. The Labute approximate surface area is 170 Å². The Balaban J connectivity index is 1.75. The van der Waals surface area contributed by atoms with Crippen LogP contribution in [0.5, 0.6) is 0 Å². The Kier molecular flexibility index (Phi) is 5.72. The van der Waals surface area contributed by atoms with Gasteiger partial charge in [-0.3, -0.25) is 5.43 Å². The van der Waals surface area contributed by atoms with E-state index in [1.807, 2.05) is 50.2 Å². The molecule has 0 aliphatic carbocycles. The highest BCUT2D eigenvalue weighted by atomic mass is 35.5. The predicted octanol–water partition coefficient (Wildman–Crippen LogP) is 6.87. The zero-order valence-electron chi connectivity index (χ0n) is 15.0. The summed E-state index contributed by atoms with van der Waals surface area (Å²) in [5.74, 6) is 0. The molecule has 3 rings (SSSR count). The minimum absolute atomic E-state index is 0.114. The van der Waals surface area contributed by atoms with Gasteiger partial charge in [0.25, 0.3) is 0 Å². The van der Waals surface area contributed by atoms with E-state index in [2.05, 4.69) is 15.1 Å². The maximum atomic E-state index is 12.8. The van der Waals surface area contributed by atoms with E-state index in [0.29, 0.717) is 0 Å². The summed E-state index contributed by atoms with van der Waals surface area (Å²) in [6.45, 7) is 4.06. The summed E-state index contributed by atoms with van der Waals surface area (Å²) < 4.78 is 40.4. The first-order chi connectivity index (χ1) is 13.2. The molecule has 0 radical (unpaired) electrons. The zero-order chi connectivity index (χ0) is 20.5. The molecule has 0 bridgehead atoms. The number of alkyl halides is 3. The molecule has 146 valence electrons. The number of aromatic nitrogens is 1. The molecule has 0 amide bonds. The van der Waals surface area contributed by atoms with Crippen LogP contribution in [0.15, 0.2) is 53.6 Å². The van der Waals surface area contributed by atoms with Gasteiger partial charge >= 0.3 is 6.18 Å². The number of hydrogen-bond donors (Lipinski definition) is 1. The van der Waals surface area contributed by atoms with Crippen LogP contribution in [0.3, 0.4) is 0 Å². The molecule has 1 aromatic heterocycles. The molecular weight excluding hydrogens is 410 g/mol. The summed E-state index contributed by atoms with van der Waals surface area (Å²) in [5, 5.41) is 3.70. The fraction of sp³-hybridized carbons (Fsp3) is 0.150. The van der Waals surface area contributed by atoms with Gasteiger partial charge in [0.05, 0.1) is 27.5 Å². The Morgan fingerprint density at radius 1 is 0.929 bits per heavy atom. The molecule has 0 saturated carbocycles. The van der Waals surface area contributed by atoms with Crippen LogP contribution in [-0.4, -0.2) is 10.8 Å². The highest BCUT2D eigenvalue weighted by Gasteiger charge is 2.32. The van der Waals surface area contributed by atoms with Gasteiger partial charge in [0.2, 0.25) is 0 Å². The maximum absolute atomic E-state index is 12.8. The second-order valence-corrected chi connectivity index (χ2v) is 7.04. The number of halogens is 5. The van der Waals surface area contributed by atoms with Crippen LogP contribution in [0.2, 0.25) is 10.0 Å². The van der Waals surface area contributed by atoms with Gasteiger partial charge in [0, 0.05) is 17.1 Å². The maximum Gasteiger partial charge on any atom is 0.416 e. The van der Waals surface area contributed by atoms with Crippen LogP contribution < -0.4 is 5.43 Å². The van der Waals surface area contributed by atoms with E-state index in [4.69, 9.17) is 23.2 Å². The largest absolute Gasteiger partial charge is 0.416 e. The molecule has 1 heterocycles. The fourth-order valence-corrected chi connectivity index (χ4v) is 3.37. The van der Waals surface area contributed by atoms with Crippen molar-refractivity contribution in [3.8, 4) is 5.69 Å². The van der Waals surface area contributed by atoms with E-state index in [1.54, 1.807) is 0 Å². The molecule has 28 heavy (non-hydrogen) atoms. The van der Waals surface area contributed by atoms with Crippen molar-refractivity contribution in [2.75, 3.05) is 5.43 Å². The van der Waals surface area contributed by atoms with Crippen molar-refractivity contribution in [1.82, 2.24) is 4.57 Å². The van der Waals surface area contributed by atoms with Crippen molar-refractivity contribution in [2.45, 2.75) is 20.0 Å². The van der Waals surface area contributed by atoms with Crippen LogP contribution in [0.1, 0.15) is 22.5 Å². The van der Waals surface area contributed by atoms with Gasteiger partial charge in [0.1, 0.15) is 0 Å². The topological polar surface area (TPSA) is 29.3 Å². The minimum atomic E-state index is -4.52. The molecular formula is C20H16Cl2F3N3. The number of hydrogen-bond acceptors (Lipinski definition) is 2. The van der Waals surface area contributed by atoms with E-state index in [-0.39, 0.29) is 15.7 Å². The first-order valence-electron chi connectivity index (χ1n) is 8.27. The normalized spacial score (nSPS) is 12.0. The number of rotatable bonds is 4. The van der Waals surface area contributed by atoms with E-state index < -0.39 is 11.7 Å². The third-order valence-corrected chi connectivity index (χ3v) is 4.78. The third-order valence-electron chi connectivity index (χ3n) is 4.18. The van der Waals surface area contributed by atoms with Crippen molar-refractivity contribution >= 4 is 35.1 Å². The van der Waals surface area contributed by atoms with Gasteiger partial charge in [-0.1, -0.05) is 35.3 Å². The number of anilines is 1. The van der Waals surface area contributed by atoms with Crippen LogP contribution >= 0.6 is 23.2 Å². The number of benzene rings is 2. The molecule has 0 fully saturated rings. The summed E-state index contributed by atoms with van der Waals surface area (Å²) in [4.78, 5) is 0. The molecule has 2 aromatic carbocycles. The number of aryl methyl sites for hydroxylation is 2. The summed E-state index contributed by atoms with van der Waals surface area (Å²) in [5.41, 5.74) is 5.90. The van der Waals surface area contributed by atoms with Gasteiger partial charge in [-0.15, -0.1) is 0 Å². The van der Waals surface area contributed by atoms with Crippen LogP contribution in [0.4, 0.5) is 18.9 Å². The number of nitrogens with zero attached hydrogens (tertiary/aromatic N) is 2. The lowest BCUT2D eigenvalue weighted by Crippen LogP contribution is -2.05. The second kappa shape index (κ2) is 7.89. The molecule has 0 spiro atoms. The SMILES string of the molecule is Cc1ccc(C)n1-c1ccc(/C=N/Nc2c(Cl)cc(C(F)(F)F)cc2Cl)cc1. The predicted molar refractivity (Wildman–Crippen MR) is 108 cm³/mol. The molecule has 0 unspecified atom stereocenters. The lowest BCUT2D eigenvalue weighted by atomic mass is 10.2. The smallest absolute Gasteiger partial charge is 0.319 e. The summed E-state index contributed by atoms with van der Waals surface area (Å²) in [6.07, 6.45) is -2.99. The lowest BCUT2D eigenvalue weighted by molar-refractivity contribution is -0.137. The summed E-state index contributed by atoms with van der Waals surface area (Å²) in [7, 11) is 0. The zero-order valence-corrected chi connectivity index (χ0v) is 16.5. The molecule has 0 atom stereocenters. The van der Waals surface area contributed by atoms with Crippen molar-refractivity contribution in [2.24, 2.45) is 5.10 Å². The molecule has 0 saturated heterocycles.